The van der Waals surface area contributed by atoms with Crippen molar-refractivity contribution in [2.45, 2.75) is 6.54 Å². The van der Waals surface area contributed by atoms with E-state index in [4.69, 9.17) is 18.7 Å². The molecule has 1 aliphatic heterocycles. The Hall–Kier alpha value is -3.48. The summed E-state index contributed by atoms with van der Waals surface area (Å²) in [7, 11) is 0. The lowest BCUT2D eigenvalue weighted by Gasteiger charge is -2.18. The van der Waals surface area contributed by atoms with Crippen LogP contribution in [0.15, 0.2) is 59.1 Å². The predicted molar refractivity (Wildman–Crippen MR) is 96.7 cm³/mol. The first-order chi connectivity index (χ1) is 13.3. The van der Waals surface area contributed by atoms with E-state index in [0.29, 0.717) is 36.2 Å². The Labute approximate surface area is 155 Å². The van der Waals surface area contributed by atoms with Gasteiger partial charge in [-0.1, -0.05) is 23.4 Å². The van der Waals surface area contributed by atoms with E-state index in [0.717, 1.165) is 11.3 Å². The van der Waals surface area contributed by atoms with Crippen molar-refractivity contribution < 1.29 is 23.5 Å². The van der Waals surface area contributed by atoms with Gasteiger partial charge < -0.3 is 24.1 Å². The first-order valence-electron chi connectivity index (χ1n) is 8.58. The van der Waals surface area contributed by atoms with Gasteiger partial charge in [0.15, 0.2) is 23.9 Å². The second-order valence-corrected chi connectivity index (χ2v) is 5.92. The Balaban J connectivity index is 1.32. The zero-order valence-corrected chi connectivity index (χ0v) is 14.5. The van der Waals surface area contributed by atoms with Crippen LogP contribution in [0.2, 0.25) is 0 Å². The van der Waals surface area contributed by atoms with Gasteiger partial charge in [0, 0.05) is 11.6 Å². The maximum Gasteiger partial charge on any atom is 0.258 e. The molecule has 1 aromatic heterocycles. The van der Waals surface area contributed by atoms with E-state index >= 15 is 0 Å². The Morgan fingerprint density at radius 2 is 1.85 bits per heavy atom. The topological polar surface area (TPSA) is 82.8 Å². The standard InChI is InChI=1S/C20H18N2O5/c23-20(13-26-16-4-2-1-3-5-16)21-12-15-11-18(27-22-15)14-6-7-17-19(10-14)25-9-8-24-17/h1-7,10-11H,8-9,12-13H2,(H,21,23). The number of hydrogen-bond donors (Lipinski definition) is 1. The number of rotatable bonds is 6. The largest absolute Gasteiger partial charge is 0.486 e. The fraction of sp³-hybridized carbons (Fsp3) is 0.200. The average Bonchev–Trinajstić information content (AvgIpc) is 3.20. The molecule has 3 aromatic rings. The number of nitrogens with one attached hydrogen (secondary N) is 1. The monoisotopic (exact) mass is 366 g/mol. The van der Waals surface area contributed by atoms with E-state index in [-0.39, 0.29) is 19.1 Å². The molecule has 0 bridgehead atoms. The van der Waals surface area contributed by atoms with E-state index in [1.807, 2.05) is 36.4 Å². The third-order valence-corrected chi connectivity index (χ3v) is 3.97. The fourth-order valence-electron chi connectivity index (χ4n) is 2.63. The summed E-state index contributed by atoms with van der Waals surface area (Å²) in [6, 6.07) is 16.5. The number of amides is 1. The Morgan fingerprint density at radius 1 is 1.04 bits per heavy atom. The average molecular weight is 366 g/mol. The van der Waals surface area contributed by atoms with Gasteiger partial charge >= 0.3 is 0 Å². The number of nitrogens with zero attached hydrogens (tertiary/aromatic N) is 1. The molecule has 0 saturated carbocycles. The van der Waals surface area contributed by atoms with Crippen LogP contribution in [0.1, 0.15) is 5.69 Å². The number of carbonyl (C=O) groups is 1. The van der Waals surface area contributed by atoms with Gasteiger partial charge in [0.05, 0.1) is 6.54 Å². The smallest absolute Gasteiger partial charge is 0.258 e. The molecule has 7 nitrogen and oxygen atoms in total. The molecule has 1 N–H and O–H groups in total. The van der Waals surface area contributed by atoms with Gasteiger partial charge in [-0.05, 0) is 30.3 Å². The predicted octanol–water partition coefficient (Wildman–Crippen LogP) is 2.81. The van der Waals surface area contributed by atoms with E-state index < -0.39 is 0 Å². The summed E-state index contributed by atoms with van der Waals surface area (Å²) in [5, 5.41) is 6.75. The Morgan fingerprint density at radius 3 is 2.70 bits per heavy atom. The molecule has 4 rings (SSSR count). The Kier molecular flexibility index (Phi) is 4.91. The molecular weight excluding hydrogens is 348 g/mol. The number of fused-ring (bicyclic) bond motifs is 1. The van der Waals surface area contributed by atoms with Crippen LogP contribution in [0, 0.1) is 0 Å². The van der Waals surface area contributed by atoms with Crippen LogP contribution in [-0.4, -0.2) is 30.9 Å². The molecule has 0 aliphatic carbocycles. The van der Waals surface area contributed by atoms with Gasteiger partial charge in [-0.2, -0.15) is 0 Å². The zero-order valence-electron chi connectivity index (χ0n) is 14.5. The van der Waals surface area contributed by atoms with Crippen LogP contribution in [-0.2, 0) is 11.3 Å². The lowest BCUT2D eigenvalue weighted by molar-refractivity contribution is -0.123. The fourth-order valence-corrected chi connectivity index (χ4v) is 2.63. The third-order valence-electron chi connectivity index (χ3n) is 3.97. The highest BCUT2D eigenvalue weighted by atomic mass is 16.6. The van der Waals surface area contributed by atoms with Gasteiger partial charge in [0.25, 0.3) is 5.91 Å². The summed E-state index contributed by atoms with van der Waals surface area (Å²) >= 11 is 0. The van der Waals surface area contributed by atoms with Gasteiger partial charge in [-0.25, -0.2) is 0 Å². The number of carbonyl (C=O) groups excluding carboxylic acids is 1. The van der Waals surface area contributed by atoms with Gasteiger partial charge in [0.2, 0.25) is 0 Å². The molecule has 0 fully saturated rings. The molecule has 1 amide bonds. The molecule has 27 heavy (non-hydrogen) atoms. The van der Waals surface area contributed by atoms with Crippen molar-refractivity contribution in [1.29, 1.82) is 0 Å². The van der Waals surface area contributed by atoms with Crippen LogP contribution in [0.5, 0.6) is 17.2 Å². The van der Waals surface area contributed by atoms with Crippen LogP contribution in [0.4, 0.5) is 0 Å². The summed E-state index contributed by atoms with van der Waals surface area (Å²) in [6.45, 7) is 1.27. The second-order valence-electron chi connectivity index (χ2n) is 5.92. The third kappa shape index (κ3) is 4.20. The van der Waals surface area contributed by atoms with E-state index in [1.165, 1.54) is 0 Å². The van der Waals surface area contributed by atoms with Gasteiger partial charge in [0.1, 0.15) is 24.7 Å². The summed E-state index contributed by atoms with van der Waals surface area (Å²) in [5.74, 6) is 2.41. The molecule has 138 valence electrons. The van der Waals surface area contributed by atoms with Crippen molar-refractivity contribution in [2.24, 2.45) is 0 Å². The molecule has 2 aromatic carbocycles. The van der Waals surface area contributed by atoms with Crippen molar-refractivity contribution in [3.05, 3.63) is 60.3 Å². The SMILES string of the molecule is O=C(COc1ccccc1)NCc1cc(-c2ccc3c(c2)OCCO3)on1. The number of aromatic nitrogens is 1. The maximum absolute atomic E-state index is 11.9. The van der Waals surface area contributed by atoms with E-state index in [1.54, 1.807) is 18.2 Å². The van der Waals surface area contributed by atoms with Crippen molar-refractivity contribution in [2.75, 3.05) is 19.8 Å². The van der Waals surface area contributed by atoms with E-state index in [2.05, 4.69) is 10.5 Å². The number of ether oxygens (including phenoxy) is 3. The number of hydrogen-bond acceptors (Lipinski definition) is 6. The van der Waals surface area contributed by atoms with Gasteiger partial charge in [-0.3, -0.25) is 4.79 Å². The van der Waals surface area contributed by atoms with Crippen LogP contribution in [0.3, 0.4) is 0 Å². The molecule has 0 saturated heterocycles. The molecule has 2 heterocycles. The lowest BCUT2D eigenvalue weighted by atomic mass is 10.1. The molecule has 1 aliphatic rings. The molecule has 7 heteroatoms. The number of para-hydroxylation sites is 1. The maximum atomic E-state index is 11.9. The minimum atomic E-state index is -0.234. The minimum Gasteiger partial charge on any atom is -0.486 e. The second kappa shape index (κ2) is 7.82. The van der Waals surface area contributed by atoms with Crippen molar-refractivity contribution in [3.8, 4) is 28.6 Å². The highest BCUT2D eigenvalue weighted by molar-refractivity contribution is 5.77. The minimum absolute atomic E-state index is 0.0586. The molecule has 0 atom stereocenters. The summed E-state index contributed by atoms with van der Waals surface area (Å²) < 4.78 is 21.9. The lowest BCUT2D eigenvalue weighted by Crippen LogP contribution is -2.28. The molecule has 0 spiro atoms. The zero-order chi connectivity index (χ0) is 18.5. The highest BCUT2D eigenvalue weighted by Crippen LogP contribution is 2.34. The van der Waals surface area contributed by atoms with Crippen LogP contribution in [0.25, 0.3) is 11.3 Å². The van der Waals surface area contributed by atoms with Crippen molar-refractivity contribution in [3.63, 3.8) is 0 Å². The highest BCUT2D eigenvalue weighted by Gasteiger charge is 2.15. The number of benzene rings is 2. The van der Waals surface area contributed by atoms with E-state index in [9.17, 15) is 4.79 Å². The Bertz CT molecular complexity index is 923. The summed E-state index contributed by atoms with van der Waals surface area (Å²) in [4.78, 5) is 11.9. The van der Waals surface area contributed by atoms with Crippen LogP contribution < -0.4 is 19.5 Å². The van der Waals surface area contributed by atoms with Crippen molar-refractivity contribution in [1.82, 2.24) is 10.5 Å². The molecular formula is C20H18N2O5. The quantitative estimate of drug-likeness (QED) is 0.722. The van der Waals surface area contributed by atoms with Gasteiger partial charge in [-0.15, -0.1) is 0 Å². The first kappa shape index (κ1) is 17.0. The van der Waals surface area contributed by atoms with Crippen molar-refractivity contribution >= 4 is 5.91 Å². The molecule has 0 radical (unpaired) electrons. The normalized spacial score (nSPS) is 12.4. The first-order valence-corrected chi connectivity index (χ1v) is 8.58. The molecule has 0 unspecified atom stereocenters. The summed E-state index contributed by atoms with van der Waals surface area (Å²) in [5.41, 5.74) is 1.45. The van der Waals surface area contributed by atoms with Crippen LogP contribution >= 0.6 is 0 Å². The summed E-state index contributed by atoms with van der Waals surface area (Å²) in [6.07, 6.45) is 0.